The molecular formula is C17H22N2. The molecule has 1 aliphatic rings. The zero-order valence-electron chi connectivity index (χ0n) is 12.4. The highest BCUT2D eigenvalue weighted by Crippen LogP contribution is 2.60. The minimum atomic E-state index is 0.308. The van der Waals surface area contributed by atoms with Gasteiger partial charge in [0.25, 0.3) is 0 Å². The smallest absolute Gasteiger partial charge is 0.105 e. The largest absolute Gasteiger partial charge is 0.338 e. The SMILES string of the molecule is Cc1nc(-c2ccccc2C2(C)C(C)C2C)cn1C. The van der Waals surface area contributed by atoms with Gasteiger partial charge in [-0.15, -0.1) is 0 Å². The molecule has 1 fully saturated rings. The molecule has 0 amide bonds. The Kier molecular flexibility index (Phi) is 2.60. The number of rotatable bonds is 2. The van der Waals surface area contributed by atoms with E-state index in [0.717, 1.165) is 23.4 Å². The molecule has 0 saturated heterocycles. The lowest BCUT2D eigenvalue weighted by atomic mass is 9.89. The Morgan fingerprint density at radius 2 is 1.79 bits per heavy atom. The highest BCUT2D eigenvalue weighted by atomic mass is 15.0. The molecule has 0 bridgehead atoms. The van der Waals surface area contributed by atoms with E-state index in [4.69, 9.17) is 4.98 Å². The predicted octanol–water partition coefficient (Wildman–Crippen LogP) is 3.94. The summed E-state index contributed by atoms with van der Waals surface area (Å²) < 4.78 is 2.09. The van der Waals surface area contributed by atoms with Crippen LogP contribution in [-0.2, 0) is 12.5 Å². The third-order valence-corrected chi connectivity index (χ3v) is 5.42. The average molecular weight is 254 g/mol. The average Bonchev–Trinajstić information content (AvgIpc) is 2.72. The van der Waals surface area contributed by atoms with Gasteiger partial charge in [-0.1, -0.05) is 45.0 Å². The molecule has 19 heavy (non-hydrogen) atoms. The van der Waals surface area contributed by atoms with E-state index in [9.17, 15) is 0 Å². The molecule has 1 aromatic carbocycles. The summed E-state index contributed by atoms with van der Waals surface area (Å²) in [6.07, 6.45) is 2.13. The molecule has 1 aromatic heterocycles. The minimum Gasteiger partial charge on any atom is -0.338 e. The summed E-state index contributed by atoms with van der Waals surface area (Å²) in [5, 5.41) is 0. The number of nitrogens with zero attached hydrogens (tertiary/aromatic N) is 2. The number of benzene rings is 1. The molecule has 3 rings (SSSR count). The zero-order chi connectivity index (χ0) is 13.8. The van der Waals surface area contributed by atoms with Crippen molar-refractivity contribution in [1.29, 1.82) is 0 Å². The first-order valence-electron chi connectivity index (χ1n) is 7.06. The van der Waals surface area contributed by atoms with Gasteiger partial charge < -0.3 is 4.57 Å². The van der Waals surface area contributed by atoms with Crippen molar-refractivity contribution in [3.8, 4) is 11.3 Å². The highest BCUT2D eigenvalue weighted by Gasteiger charge is 2.56. The first-order valence-corrected chi connectivity index (χ1v) is 7.06. The van der Waals surface area contributed by atoms with Crippen LogP contribution in [0.1, 0.15) is 32.2 Å². The van der Waals surface area contributed by atoms with Crippen molar-refractivity contribution in [2.75, 3.05) is 0 Å². The van der Waals surface area contributed by atoms with Crippen molar-refractivity contribution in [1.82, 2.24) is 9.55 Å². The third-order valence-electron chi connectivity index (χ3n) is 5.42. The van der Waals surface area contributed by atoms with Crippen molar-refractivity contribution in [3.05, 3.63) is 41.9 Å². The Morgan fingerprint density at radius 3 is 2.32 bits per heavy atom. The van der Waals surface area contributed by atoms with Crippen LogP contribution in [0.25, 0.3) is 11.3 Å². The van der Waals surface area contributed by atoms with Crippen LogP contribution in [0.3, 0.4) is 0 Å². The Labute approximate surface area is 115 Å². The quantitative estimate of drug-likeness (QED) is 0.793. The van der Waals surface area contributed by atoms with Crippen LogP contribution >= 0.6 is 0 Å². The van der Waals surface area contributed by atoms with Crippen LogP contribution in [0.4, 0.5) is 0 Å². The van der Waals surface area contributed by atoms with E-state index in [-0.39, 0.29) is 0 Å². The molecule has 100 valence electrons. The van der Waals surface area contributed by atoms with Crippen LogP contribution in [-0.4, -0.2) is 9.55 Å². The standard InChI is InChI=1S/C17H22N2/c1-11-12(2)17(11,4)15-9-7-6-8-14(15)16-10-19(5)13(3)18-16/h6-12H,1-5H3. The van der Waals surface area contributed by atoms with Crippen LogP contribution < -0.4 is 0 Å². The van der Waals surface area contributed by atoms with Crippen molar-refractivity contribution in [2.24, 2.45) is 18.9 Å². The molecule has 0 radical (unpaired) electrons. The summed E-state index contributed by atoms with van der Waals surface area (Å²) in [5.41, 5.74) is 4.16. The number of aromatic nitrogens is 2. The van der Waals surface area contributed by atoms with Gasteiger partial charge in [0.2, 0.25) is 0 Å². The monoisotopic (exact) mass is 254 g/mol. The molecule has 0 spiro atoms. The Balaban J connectivity index is 2.13. The topological polar surface area (TPSA) is 17.8 Å². The van der Waals surface area contributed by atoms with Gasteiger partial charge in [-0.2, -0.15) is 0 Å². The molecular weight excluding hydrogens is 232 g/mol. The number of hydrogen-bond donors (Lipinski definition) is 0. The van der Waals surface area contributed by atoms with Crippen LogP contribution in [0.5, 0.6) is 0 Å². The van der Waals surface area contributed by atoms with E-state index in [0.29, 0.717) is 5.41 Å². The lowest BCUT2D eigenvalue weighted by Crippen LogP contribution is -2.07. The summed E-state index contributed by atoms with van der Waals surface area (Å²) in [6.45, 7) is 9.14. The molecule has 0 aliphatic heterocycles. The maximum atomic E-state index is 4.70. The molecule has 0 N–H and O–H groups in total. The zero-order valence-corrected chi connectivity index (χ0v) is 12.4. The fraction of sp³-hybridized carbons (Fsp3) is 0.471. The third kappa shape index (κ3) is 1.66. The lowest BCUT2D eigenvalue weighted by Gasteiger charge is -2.16. The molecule has 1 heterocycles. The first kappa shape index (κ1) is 12.5. The molecule has 2 atom stereocenters. The normalized spacial score (nSPS) is 29.5. The molecule has 2 aromatic rings. The van der Waals surface area contributed by atoms with Crippen molar-refractivity contribution in [2.45, 2.75) is 33.1 Å². The van der Waals surface area contributed by atoms with E-state index in [1.165, 1.54) is 11.1 Å². The van der Waals surface area contributed by atoms with Crippen LogP contribution in [0, 0.1) is 18.8 Å². The summed E-state index contributed by atoms with van der Waals surface area (Å²) in [6, 6.07) is 8.75. The van der Waals surface area contributed by atoms with Gasteiger partial charge in [0, 0.05) is 18.8 Å². The van der Waals surface area contributed by atoms with E-state index >= 15 is 0 Å². The van der Waals surface area contributed by atoms with Gasteiger partial charge in [-0.05, 0) is 29.7 Å². The van der Waals surface area contributed by atoms with Gasteiger partial charge in [-0.3, -0.25) is 0 Å². The number of aryl methyl sites for hydroxylation is 2. The fourth-order valence-electron chi connectivity index (χ4n) is 3.34. The maximum Gasteiger partial charge on any atom is 0.105 e. The summed E-state index contributed by atoms with van der Waals surface area (Å²) in [5.74, 6) is 2.56. The summed E-state index contributed by atoms with van der Waals surface area (Å²) in [4.78, 5) is 4.70. The number of hydrogen-bond acceptors (Lipinski definition) is 1. The van der Waals surface area contributed by atoms with Crippen LogP contribution in [0.2, 0.25) is 0 Å². The Morgan fingerprint density at radius 1 is 1.16 bits per heavy atom. The minimum absolute atomic E-state index is 0.308. The van der Waals surface area contributed by atoms with Gasteiger partial charge in [0.1, 0.15) is 5.82 Å². The molecule has 2 nitrogen and oxygen atoms in total. The van der Waals surface area contributed by atoms with Crippen molar-refractivity contribution >= 4 is 0 Å². The lowest BCUT2D eigenvalue weighted by molar-refractivity contribution is 0.682. The second-order valence-corrected chi connectivity index (χ2v) is 6.19. The molecule has 2 heteroatoms. The van der Waals surface area contributed by atoms with E-state index in [1.54, 1.807) is 0 Å². The van der Waals surface area contributed by atoms with Crippen molar-refractivity contribution < 1.29 is 0 Å². The van der Waals surface area contributed by atoms with E-state index < -0.39 is 0 Å². The summed E-state index contributed by atoms with van der Waals surface area (Å²) >= 11 is 0. The predicted molar refractivity (Wildman–Crippen MR) is 79.1 cm³/mol. The molecule has 1 saturated carbocycles. The van der Waals surface area contributed by atoms with E-state index in [2.05, 4.69) is 69.8 Å². The van der Waals surface area contributed by atoms with Gasteiger partial charge in [0.05, 0.1) is 5.69 Å². The maximum absolute atomic E-state index is 4.70. The Bertz CT molecular complexity index is 596. The molecule has 1 aliphatic carbocycles. The highest BCUT2D eigenvalue weighted by molar-refractivity contribution is 5.66. The molecule has 2 unspecified atom stereocenters. The van der Waals surface area contributed by atoms with Gasteiger partial charge in [0.15, 0.2) is 0 Å². The second-order valence-electron chi connectivity index (χ2n) is 6.19. The first-order chi connectivity index (χ1) is 8.96. The Hall–Kier alpha value is -1.57. The van der Waals surface area contributed by atoms with Crippen LogP contribution in [0.15, 0.2) is 30.5 Å². The van der Waals surface area contributed by atoms with Gasteiger partial charge >= 0.3 is 0 Å². The van der Waals surface area contributed by atoms with Gasteiger partial charge in [-0.25, -0.2) is 4.98 Å². The summed E-state index contributed by atoms with van der Waals surface area (Å²) in [7, 11) is 2.05. The van der Waals surface area contributed by atoms with Crippen molar-refractivity contribution in [3.63, 3.8) is 0 Å². The number of imidazole rings is 1. The second kappa shape index (κ2) is 3.96. The van der Waals surface area contributed by atoms with E-state index in [1.807, 2.05) is 0 Å². The fourth-order valence-corrected chi connectivity index (χ4v) is 3.34.